The lowest BCUT2D eigenvalue weighted by Gasteiger charge is -2.54. The molecule has 0 aromatic rings. The van der Waals surface area contributed by atoms with E-state index in [-0.39, 0.29) is 5.66 Å². The van der Waals surface area contributed by atoms with Crippen LogP contribution >= 0.6 is 0 Å². The fourth-order valence-corrected chi connectivity index (χ4v) is 2.80. The van der Waals surface area contributed by atoms with Gasteiger partial charge in [0, 0.05) is 19.6 Å². The zero-order chi connectivity index (χ0) is 12.4. The molecule has 2 aliphatic rings. The molecule has 1 atom stereocenters. The summed E-state index contributed by atoms with van der Waals surface area (Å²) in [5.74, 6) is 0. The molecule has 0 bridgehead atoms. The summed E-state index contributed by atoms with van der Waals surface area (Å²) in [4.78, 5) is 2.54. The summed E-state index contributed by atoms with van der Waals surface area (Å²) in [6.07, 6.45) is 5.04. The van der Waals surface area contributed by atoms with Gasteiger partial charge in [-0.1, -0.05) is 33.6 Å². The number of likely N-dealkylation sites (tertiary alicyclic amines) is 1. The lowest BCUT2D eigenvalue weighted by molar-refractivity contribution is -0.128. The number of nitrogens with zero attached hydrogens (tertiary/aromatic N) is 2. The van der Waals surface area contributed by atoms with Crippen LogP contribution < -0.4 is 5.32 Å². The van der Waals surface area contributed by atoms with E-state index in [1.165, 1.54) is 38.8 Å². The first kappa shape index (κ1) is 13.3. The Morgan fingerprint density at radius 1 is 1.35 bits per heavy atom. The summed E-state index contributed by atoms with van der Waals surface area (Å²) in [6, 6.07) is 0. The van der Waals surface area contributed by atoms with Crippen LogP contribution in [0, 0.1) is 5.41 Å². The number of morpholine rings is 1. The van der Waals surface area contributed by atoms with E-state index in [1.54, 1.807) is 0 Å². The van der Waals surface area contributed by atoms with Gasteiger partial charge in [-0.3, -0.25) is 4.90 Å². The highest BCUT2D eigenvalue weighted by atomic mass is 16.5. The van der Waals surface area contributed by atoms with E-state index in [9.17, 15) is 0 Å². The van der Waals surface area contributed by atoms with Crippen LogP contribution in [-0.4, -0.2) is 43.4 Å². The van der Waals surface area contributed by atoms with E-state index in [0.717, 1.165) is 19.8 Å². The van der Waals surface area contributed by atoms with E-state index in [2.05, 4.69) is 25.7 Å². The number of rotatable bonds is 5. The Morgan fingerprint density at radius 3 is 2.59 bits per heavy atom. The summed E-state index contributed by atoms with van der Waals surface area (Å²) in [5.41, 5.74) is 0.576. The zero-order valence-corrected chi connectivity index (χ0v) is 11.7. The van der Waals surface area contributed by atoms with E-state index in [0.29, 0.717) is 5.41 Å². The Hall–Kier alpha value is -0.120. The Bertz CT molecular complexity index is 245. The molecule has 0 amide bonds. The molecular weight excluding hydrogens is 212 g/mol. The second kappa shape index (κ2) is 5.25. The van der Waals surface area contributed by atoms with Crippen molar-refractivity contribution >= 4 is 0 Å². The standard InChI is InChI=1S/C14H27N2O/c1-4-13(3,5-2)6-9-16-10-7-14(16)12-17-11-8-15-14/h4-12H2,1-3H3. The Morgan fingerprint density at radius 2 is 2.12 bits per heavy atom. The molecule has 1 unspecified atom stereocenters. The van der Waals surface area contributed by atoms with Crippen LogP contribution in [0.2, 0.25) is 0 Å². The predicted molar refractivity (Wildman–Crippen MR) is 70.0 cm³/mol. The Kier molecular flexibility index (Phi) is 4.11. The molecule has 2 aliphatic heterocycles. The van der Waals surface area contributed by atoms with Crippen molar-refractivity contribution in [2.24, 2.45) is 5.41 Å². The lowest BCUT2D eigenvalue weighted by Crippen LogP contribution is -2.70. The van der Waals surface area contributed by atoms with Crippen LogP contribution in [0.15, 0.2) is 0 Å². The van der Waals surface area contributed by atoms with Gasteiger partial charge in [-0.25, -0.2) is 5.32 Å². The molecule has 1 spiro atoms. The summed E-state index contributed by atoms with van der Waals surface area (Å²) in [7, 11) is 0. The Balaban J connectivity index is 1.83. The van der Waals surface area contributed by atoms with Gasteiger partial charge in [-0.15, -0.1) is 0 Å². The van der Waals surface area contributed by atoms with Gasteiger partial charge in [0.2, 0.25) is 0 Å². The molecule has 3 nitrogen and oxygen atoms in total. The van der Waals surface area contributed by atoms with Crippen LogP contribution in [0.5, 0.6) is 0 Å². The number of hydrogen-bond acceptors (Lipinski definition) is 2. The van der Waals surface area contributed by atoms with Gasteiger partial charge in [0.15, 0.2) is 0 Å². The highest BCUT2D eigenvalue weighted by molar-refractivity contribution is 4.99. The van der Waals surface area contributed by atoms with Crippen molar-refractivity contribution in [3.63, 3.8) is 0 Å². The molecule has 2 rings (SSSR count). The van der Waals surface area contributed by atoms with Gasteiger partial charge in [-0.05, 0) is 18.3 Å². The van der Waals surface area contributed by atoms with E-state index >= 15 is 0 Å². The van der Waals surface area contributed by atoms with Gasteiger partial charge < -0.3 is 4.74 Å². The highest BCUT2D eigenvalue weighted by Gasteiger charge is 2.47. The van der Waals surface area contributed by atoms with Crippen LogP contribution in [0.3, 0.4) is 0 Å². The molecule has 0 aromatic heterocycles. The topological polar surface area (TPSA) is 26.6 Å². The molecule has 0 N–H and O–H groups in total. The van der Waals surface area contributed by atoms with E-state index < -0.39 is 0 Å². The van der Waals surface area contributed by atoms with Gasteiger partial charge in [-0.2, -0.15) is 0 Å². The summed E-state index contributed by atoms with van der Waals surface area (Å²) < 4.78 is 5.61. The molecule has 0 aromatic carbocycles. The molecule has 0 saturated carbocycles. The lowest BCUT2D eigenvalue weighted by atomic mass is 9.80. The van der Waals surface area contributed by atoms with Gasteiger partial charge in [0.25, 0.3) is 0 Å². The van der Waals surface area contributed by atoms with Crippen LogP contribution in [0.4, 0.5) is 0 Å². The van der Waals surface area contributed by atoms with Crippen molar-refractivity contribution < 1.29 is 4.74 Å². The first-order chi connectivity index (χ1) is 8.14. The van der Waals surface area contributed by atoms with Crippen LogP contribution in [0.25, 0.3) is 0 Å². The molecule has 2 heterocycles. The minimum Gasteiger partial charge on any atom is -0.377 e. The Labute approximate surface area is 106 Å². The predicted octanol–water partition coefficient (Wildman–Crippen LogP) is 2.24. The van der Waals surface area contributed by atoms with Crippen LogP contribution in [-0.2, 0) is 4.74 Å². The fourth-order valence-electron chi connectivity index (χ4n) is 2.80. The average Bonchev–Trinajstić information content (AvgIpc) is 2.38. The summed E-state index contributed by atoms with van der Waals surface area (Å²) in [5, 5.41) is 4.80. The molecule has 2 fully saturated rings. The van der Waals surface area contributed by atoms with Gasteiger partial charge in [0.05, 0.1) is 13.2 Å². The SMILES string of the molecule is CCC(C)(CC)CCN1CCC12COCC[N]2. The fraction of sp³-hybridized carbons (Fsp3) is 1.00. The van der Waals surface area contributed by atoms with E-state index in [4.69, 9.17) is 10.1 Å². The second-order valence-corrected chi connectivity index (χ2v) is 5.92. The maximum atomic E-state index is 5.61. The average molecular weight is 239 g/mol. The minimum absolute atomic E-state index is 0.0701. The molecule has 3 heteroatoms. The number of ether oxygens (including phenoxy) is 1. The van der Waals surface area contributed by atoms with Crippen molar-refractivity contribution in [2.75, 3.05) is 32.8 Å². The zero-order valence-electron chi connectivity index (χ0n) is 11.7. The van der Waals surface area contributed by atoms with Gasteiger partial charge in [0.1, 0.15) is 5.66 Å². The number of hydrogen-bond donors (Lipinski definition) is 0. The monoisotopic (exact) mass is 239 g/mol. The highest BCUT2D eigenvalue weighted by Crippen LogP contribution is 2.35. The summed E-state index contributed by atoms with van der Waals surface area (Å²) in [6.45, 7) is 11.9. The van der Waals surface area contributed by atoms with Crippen molar-refractivity contribution in [3.8, 4) is 0 Å². The third-order valence-electron chi connectivity index (χ3n) is 5.04. The van der Waals surface area contributed by atoms with E-state index in [1.807, 2.05) is 0 Å². The molecule has 17 heavy (non-hydrogen) atoms. The molecule has 99 valence electrons. The molecule has 2 saturated heterocycles. The smallest absolute Gasteiger partial charge is 0.112 e. The third kappa shape index (κ3) is 2.67. The first-order valence-electron chi connectivity index (χ1n) is 7.16. The minimum atomic E-state index is 0.0701. The molecule has 0 aliphatic carbocycles. The first-order valence-corrected chi connectivity index (χ1v) is 7.16. The molecular formula is C14H27N2O. The third-order valence-corrected chi connectivity index (χ3v) is 5.04. The van der Waals surface area contributed by atoms with Crippen molar-refractivity contribution in [2.45, 2.75) is 52.1 Å². The maximum Gasteiger partial charge on any atom is 0.112 e. The van der Waals surface area contributed by atoms with Crippen LogP contribution in [0.1, 0.15) is 46.5 Å². The van der Waals surface area contributed by atoms with Crippen molar-refractivity contribution in [1.29, 1.82) is 0 Å². The second-order valence-electron chi connectivity index (χ2n) is 5.92. The largest absolute Gasteiger partial charge is 0.377 e. The molecule has 1 radical (unpaired) electrons. The van der Waals surface area contributed by atoms with Crippen molar-refractivity contribution in [3.05, 3.63) is 0 Å². The van der Waals surface area contributed by atoms with Gasteiger partial charge >= 0.3 is 0 Å². The summed E-state index contributed by atoms with van der Waals surface area (Å²) >= 11 is 0. The normalized spacial score (nSPS) is 30.5. The maximum absolute atomic E-state index is 5.61. The van der Waals surface area contributed by atoms with Crippen molar-refractivity contribution in [1.82, 2.24) is 10.2 Å². The quantitative estimate of drug-likeness (QED) is 0.735.